The number of carboxylic acid groups (broad SMARTS) is 1. The molecule has 2 aromatic carbocycles. The molecule has 0 saturated heterocycles. The number of benzene rings is 2. The van der Waals surface area contributed by atoms with Gasteiger partial charge in [0.1, 0.15) is 11.8 Å². The molecule has 0 saturated carbocycles. The number of aryl methyl sites for hydroxylation is 3. The lowest BCUT2D eigenvalue weighted by molar-refractivity contribution is -0.139. The van der Waals surface area contributed by atoms with E-state index in [1.54, 1.807) is 18.3 Å². The van der Waals surface area contributed by atoms with E-state index in [4.69, 9.17) is 9.72 Å². The first kappa shape index (κ1) is 24.7. The second-order valence-electron chi connectivity index (χ2n) is 9.66. The number of nitrogens with zero attached hydrogens (tertiary/aromatic N) is 2. The lowest BCUT2D eigenvalue weighted by atomic mass is 9.95. The number of fused-ring (bicyclic) bond motifs is 2. The van der Waals surface area contributed by atoms with E-state index in [2.05, 4.69) is 22.4 Å². The largest absolute Gasteiger partial charge is 0.494 e. The molecule has 5 rings (SSSR count). The Morgan fingerprint density at radius 3 is 2.65 bits per heavy atom. The number of rotatable bonds is 10. The van der Waals surface area contributed by atoms with E-state index in [0.29, 0.717) is 18.7 Å². The van der Waals surface area contributed by atoms with Crippen LogP contribution in [0.25, 0.3) is 0 Å². The molecular weight excluding hydrogens is 466 g/mol. The summed E-state index contributed by atoms with van der Waals surface area (Å²) >= 11 is 0. The topological polar surface area (TPSA) is 101 Å². The summed E-state index contributed by atoms with van der Waals surface area (Å²) in [4.78, 5) is 33.5. The molecule has 1 unspecified atom stereocenters. The molecule has 1 aromatic heterocycles. The Balaban J connectivity index is 1.10. The van der Waals surface area contributed by atoms with E-state index < -0.39 is 17.9 Å². The van der Waals surface area contributed by atoms with Gasteiger partial charge >= 0.3 is 5.97 Å². The standard InChI is InChI=1S/C30H31N3O4/c34-29(22-9-10-23-18-31-19-24(23)17-22)33-28(30(35)36)16-20-7-13-26(14-8-20)37-15-3-5-25-12-11-21-4-1-2-6-27(21)32-25/h7-14,17,19,28H,1-6,15-16,18H2,(H,33,34)(H,35,36). The zero-order valence-electron chi connectivity index (χ0n) is 20.8. The lowest BCUT2D eigenvalue weighted by Gasteiger charge is -2.16. The maximum absolute atomic E-state index is 12.7. The van der Waals surface area contributed by atoms with Gasteiger partial charge < -0.3 is 15.2 Å². The number of carbonyl (C=O) groups is 2. The summed E-state index contributed by atoms with van der Waals surface area (Å²) < 4.78 is 5.88. The van der Waals surface area contributed by atoms with Crippen molar-refractivity contribution in [3.8, 4) is 5.75 Å². The molecule has 2 N–H and O–H groups in total. The van der Waals surface area contributed by atoms with Crippen LogP contribution in [0.15, 0.2) is 59.6 Å². The van der Waals surface area contributed by atoms with E-state index in [1.165, 1.54) is 24.1 Å². The average molecular weight is 498 g/mol. The predicted octanol–water partition coefficient (Wildman–Crippen LogP) is 4.33. The van der Waals surface area contributed by atoms with E-state index in [1.807, 2.05) is 30.3 Å². The molecule has 1 atom stereocenters. The maximum atomic E-state index is 12.7. The number of ether oxygens (including phenoxy) is 1. The van der Waals surface area contributed by atoms with Gasteiger partial charge in [-0.15, -0.1) is 0 Å². The van der Waals surface area contributed by atoms with Gasteiger partial charge in [-0.3, -0.25) is 14.8 Å². The molecule has 190 valence electrons. The second kappa shape index (κ2) is 11.4. The fourth-order valence-corrected chi connectivity index (χ4v) is 4.85. The third-order valence-corrected chi connectivity index (χ3v) is 6.95. The Morgan fingerprint density at radius 1 is 1.00 bits per heavy atom. The number of hydrogen-bond donors (Lipinski definition) is 2. The van der Waals surface area contributed by atoms with Crippen molar-refractivity contribution in [1.82, 2.24) is 10.3 Å². The number of amides is 1. The van der Waals surface area contributed by atoms with Crippen molar-refractivity contribution in [1.29, 1.82) is 0 Å². The van der Waals surface area contributed by atoms with Gasteiger partial charge in [0.2, 0.25) is 0 Å². The Labute approximate surface area is 216 Å². The molecule has 2 aliphatic rings. The number of nitrogens with one attached hydrogen (secondary N) is 1. The van der Waals surface area contributed by atoms with Gasteiger partial charge in [0.05, 0.1) is 13.2 Å². The first-order valence-electron chi connectivity index (χ1n) is 12.9. The molecule has 7 heteroatoms. The highest BCUT2D eigenvalue weighted by atomic mass is 16.5. The molecule has 0 bridgehead atoms. The van der Waals surface area contributed by atoms with E-state index in [-0.39, 0.29) is 6.42 Å². The van der Waals surface area contributed by atoms with Gasteiger partial charge in [-0.05, 0) is 91.1 Å². The SMILES string of the molecule is O=C(NC(Cc1ccc(OCCCc2ccc3c(n2)CCCC3)cc1)C(=O)O)c1ccc2c(c1)C=NC2. The summed E-state index contributed by atoms with van der Waals surface area (Å²) in [5, 5.41) is 12.3. The molecular formula is C30H31N3O4. The summed E-state index contributed by atoms with van der Waals surface area (Å²) in [7, 11) is 0. The van der Waals surface area contributed by atoms with Crippen LogP contribution in [0.3, 0.4) is 0 Å². The van der Waals surface area contributed by atoms with Crippen LogP contribution in [0.4, 0.5) is 0 Å². The molecule has 1 amide bonds. The van der Waals surface area contributed by atoms with Crippen molar-refractivity contribution in [3.05, 3.63) is 93.8 Å². The normalized spacial score (nSPS) is 14.5. The third-order valence-electron chi connectivity index (χ3n) is 6.95. The number of hydrogen-bond acceptors (Lipinski definition) is 5. The Kier molecular flexibility index (Phi) is 7.59. The van der Waals surface area contributed by atoms with Crippen molar-refractivity contribution in [2.45, 2.75) is 57.5 Å². The van der Waals surface area contributed by atoms with Crippen molar-refractivity contribution in [2.24, 2.45) is 4.99 Å². The molecule has 1 aliphatic heterocycles. The number of aromatic nitrogens is 1. The number of aliphatic imine (C=N–C) groups is 1. The minimum atomic E-state index is -1.08. The molecule has 37 heavy (non-hydrogen) atoms. The number of pyridine rings is 1. The van der Waals surface area contributed by atoms with Gasteiger partial charge in [-0.2, -0.15) is 0 Å². The quantitative estimate of drug-likeness (QED) is 0.406. The second-order valence-corrected chi connectivity index (χ2v) is 9.66. The van der Waals surface area contributed by atoms with Crippen molar-refractivity contribution in [3.63, 3.8) is 0 Å². The van der Waals surface area contributed by atoms with Crippen LogP contribution in [-0.2, 0) is 37.0 Å². The minimum absolute atomic E-state index is 0.178. The van der Waals surface area contributed by atoms with Crippen molar-refractivity contribution >= 4 is 18.1 Å². The highest BCUT2D eigenvalue weighted by molar-refractivity contribution is 5.98. The van der Waals surface area contributed by atoms with E-state index >= 15 is 0 Å². The average Bonchev–Trinajstić information content (AvgIpc) is 3.39. The molecule has 0 spiro atoms. The van der Waals surface area contributed by atoms with Crippen LogP contribution < -0.4 is 10.1 Å². The van der Waals surface area contributed by atoms with Crippen LogP contribution >= 0.6 is 0 Å². The third kappa shape index (κ3) is 6.23. The molecule has 0 radical (unpaired) electrons. The zero-order valence-corrected chi connectivity index (χ0v) is 20.8. The van der Waals surface area contributed by atoms with Gasteiger partial charge in [0, 0.05) is 29.6 Å². The van der Waals surface area contributed by atoms with Gasteiger partial charge in [-0.25, -0.2) is 4.79 Å². The van der Waals surface area contributed by atoms with E-state index in [9.17, 15) is 14.7 Å². The van der Waals surface area contributed by atoms with Gasteiger partial charge in [0.25, 0.3) is 5.91 Å². The first-order valence-corrected chi connectivity index (χ1v) is 12.9. The summed E-state index contributed by atoms with van der Waals surface area (Å²) in [6.07, 6.45) is 8.38. The number of aliphatic carboxylic acids is 1. The van der Waals surface area contributed by atoms with Gasteiger partial charge in [0.15, 0.2) is 0 Å². The highest BCUT2D eigenvalue weighted by Crippen LogP contribution is 2.21. The lowest BCUT2D eigenvalue weighted by Crippen LogP contribution is -2.42. The van der Waals surface area contributed by atoms with Gasteiger partial charge in [-0.1, -0.05) is 24.3 Å². The fraction of sp³-hybridized carbons (Fsp3) is 0.333. The first-order chi connectivity index (χ1) is 18.0. The molecule has 3 aromatic rings. The smallest absolute Gasteiger partial charge is 0.326 e. The molecule has 0 fully saturated rings. The van der Waals surface area contributed by atoms with Crippen LogP contribution in [0.1, 0.15) is 63.3 Å². The fourth-order valence-electron chi connectivity index (χ4n) is 4.85. The highest BCUT2D eigenvalue weighted by Gasteiger charge is 2.22. The van der Waals surface area contributed by atoms with Crippen LogP contribution in [0, 0.1) is 0 Å². The van der Waals surface area contributed by atoms with Crippen molar-refractivity contribution < 1.29 is 19.4 Å². The summed E-state index contributed by atoms with van der Waals surface area (Å²) in [5.41, 5.74) is 6.96. The summed E-state index contributed by atoms with van der Waals surface area (Å²) in [5.74, 6) is -0.756. The maximum Gasteiger partial charge on any atom is 0.326 e. The van der Waals surface area contributed by atoms with Crippen LogP contribution in [-0.4, -0.2) is 40.8 Å². The monoisotopic (exact) mass is 497 g/mol. The Bertz CT molecular complexity index is 1320. The summed E-state index contributed by atoms with van der Waals surface area (Å²) in [6, 6.07) is 16.0. The number of carbonyl (C=O) groups excluding carboxylic acids is 1. The Morgan fingerprint density at radius 2 is 1.81 bits per heavy atom. The number of carboxylic acids is 1. The van der Waals surface area contributed by atoms with E-state index in [0.717, 1.165) is 53.8 Å². The zero-order chi connectivity index (χ0) is 25.6. The molecule has 2 heterocycles. The molecule has 1 aliphatic carbocycles. The predicted molar refractivity (Wildman–Crippen MR) is 141 cm³/mol. The van der Waals surface area contributed by atoms with Crippen LogP contribution in [0.2, 0.25) is 0 Å². The van der Waals surface area contributed by atoms with Crippen LogP contribution in [0.5, 0.6) is 5.75 Å². The molecule has 7 nitrogen and oxygen atoms in total. The Hall–Kier alpha value is -4.00. The van der Waals surface area contributed by atoms with Crippen molar-refractivity contribution in [2.75, 3.05) is 6.61 Å². The minimum Gasteiger partial charge on any atom is -0.494 e. The summed E-state index contributed by atoms with van der Waals surface area (Å²) in [6.45, 7) is 1.19.